The molecule has 3 amide bonds. The smallest absolute Gasteiger partial charge is 0.326 e. The Morgan fingerprint density at radius 3 is 2.33 bits per heavy atom. The number of unbranched alkanes of at least 4 members (excludes halogenated alkanes) is 1. The molecule has 1 rings (SSSR count). The van der Waals surface area contributed by atoms with Gasteiger partial charge >= 0.3 is 12.0 Å². The summed E-state index contributed by atoms with van der Waals surface area (Å²) in [5.41, 5.74) is 5.87. The van der Waals surface area contributed by atoms with Gasteiger partial charge in [0.1, 0.15) is 6.04 Å². The van der Waals surface area contributed by atoms with Crippen LogP contribution in [-0.2, 0) is 4.79 Å². The molecule has 0 heterocycles. The number of nitrogens with two attached hydrogens (primary N) is 1. The van der Waals surface area contributed by atoms with Crippen molar-refractivity contribution in [1.29, 1.82) is 0 Å². The highest BCUT2D eigenvalue weighted by molar-refractivity contribution is 5.95. The van der Waals surface area contributed by atoms with Gasteiger partial charge in [0.25, 0.3) is 0 Å². The Bertz CT molecular complexity index is 513. The molecule has 0 aliphatic heterocycles. The van der Waals surface area contributed by atoms with E-state index in [9.17, 15) is 14.4 Å². The van der Waals surface area contributed by atoms with Gasteiger partial charge in [-0.25, -0.2) is 9.59 Å². The highest BCUT2D eigenvalue weighted by atomic mass is 16.4. The van der Waals surface area contributed by atoms with Gasteiger partial charge in [0.2, 0.25) is 5.91 Å². The molecule has 0 aromatic heterocycles. The molecule has 21 heavy (non-hydrogen) atoms. The van der Waals surface area contributed by atoms with Gasteiger partial charge in [0.05, 0.1) is 0 Å². The van der Waals surface area contributed by atoms with Crippen molar-refractivity contribution in [2.75, 3.05) is 5.32 Å². The predicted octanol–water partition coefficient (Wildman–Crippen LogP) is 1.55. The zero-order valence-corrected chi connectivity index (χ0v) is 11.8. The molecule has 0 bridgehead atoms. The Morgan fingerprint density at radius 1 is 1.24 bits per heavy atom. The van der Waals surface area contributed by atoms with Crippen molar-refractivity contribution in [3.05, 3.63) is 29.8 Å². The van der Waals surface area contributed by atoms with Crippen molar-refractivity contribution >= 4 is 23.6 Å². The lowest BCUT2D eigenvalue weighted by molar-refractivity contribution is -0.139. The molecule has 0 aliphatic rings. The molecule has 1 aromatic rings. The molecule has 0 radical (unpaired) electrons. The third kappa shape index (κ3) is 5.52. The van der Waals surface area contributed by atoms with E-state index in [1.807, 2.05) is 6.92 Å². The van der Waals surface area contributed by atoms with Crippen LogP contribution in [0.25, 0.3) is 0 Å². The van der Waals surface area contributed by atoms with E-state index < -0.39 is 23.9 Å². The maximum absolute atomic E-state index is 11.7. The van der Waals surface area contributed by atoms with E-state index in [1.165, 1.54) is 24.3 Å². The van der Waals surface area contributed by atoms with Crippen molar-refractivity contribution in [3.63, 3.8) is 0 Å². The Morgan fingerprint density at radius 2 is 1.86 bits per heavy atom. The average Bonchev–Trinajstić information content (AvgIpc) is 2.43. The summed E-state index contributed by atoms with van der Waals surface area (Å²) in [6.07, 6.45) is 1.94. The van der Waals surface area contributed by atoms with Gasteiger partial charge in [-0.05, 0) is 30.7 Å². The molecule has 0 fully saturated rings. The summed E-state index contributed by atoms with van der Waals surface area (Å²) in [7, 11) is 0. The second-order valence-electron chi connectivity index (χ2n) is 4.57. The number of nitrogens with one attached hydrogen (secondary N) is 2. The topological polar surface area (TPSA) is 122 Å². The number of anilines is 1. The molecule has 0 spiro atoms. The minimum atomic E-state index is -1.07. The van der Waals surface area contributed by atoms with Crippen molar-refractivity contribution in [1.82, 2.24) is 5.32 Å². The molecule has 114 valence electrons. The van der Waals surface area contributed by atoms with Gasteiger partial charge in [-0.3, -0.25) is 4.79 Å². The maximum atomic E-state index is 11.7. The molecule has 7 heteroatoms. The van der Waals surface area contributed by atoms with Crippen molar-refractivity contribution in [2.45, 2.75) is 32.2 Å². The van der Waals surface area contributed by atoms with Crippen LogP contribution in [-0.4, -0.2) is 29.1 Å². The van der Waals surface area contributed by atoms with E-state index in [-0.39, 0.29) is 0 Å². The second kappa shape index (κ2) is 7.88. The SMILES string of the molecule is CCCCC(NC(=O)Nc1ccc(C(N)=O)cc1)C(=O)O. The highest BCUT2D eigenvalue weighted by Gasteiger charge is 2.19. The minimum Gasteiger partial charge on any atom is -0.480 e. The normalized spacial score (nSPS) is 11.5. The first-order valence-electron chi connectivity index (χ1n) is 6.64. The number of carboxylic acid groups (broad SMARTS) is 1. The quantitative estimate of drug-likeness (QED) is 0.609. The second-order valence-corrected chi connectivity index (χ2v) is 4.57. The van der Waals surface area contributed by atoms with Crippen LogP contribution >= 0.6 is 0 Å². The lowest BCUT2D eigenvalue weighted by atomic mass is 10.1. The van der Waals surface area contributed by atoms with Crippen molar-refractivity contribution < 1.29 is 19.5 Å². The van der Waals surface area contributed by atoms with Crippen LogP contribution < -0.4 is 16.4 Å². The fraction of sp³-hybridized carbons (Fsp3) is 0.357. The first-order valence-corrected chi connectivity index (χ1v) is 6.64. The van der Waals surface area contributed by atoms with Crippen LogP contribution in [0.4, 0.5) is 10.5 Å². The van der Waals surface area contributed by atoms with Crippen molar-refractivity contribution in [2.24, 2.45) is 5.73 Å². The third-order valence-electron chi connectivity index (χ3n) is 2.88. The van der Waals surface area contributed by atoms with E-state index in [0.717, 1.165) is 6.42 Å². The first-order chi connectivity index (χ1) is 9.93. The van der Waals surface area contributed by atoms with Crippen LogP contribution in [0.3, 0.4) is 0 Å². The van der Waals surface area contributed by atoms with Gasteiger partial charge in [0, 0.05) is 11.3 Å². The highest BCUT2D eigenvalue weighted by Crippen LogP contribution is 2.09. The van der Waals surface area contributed by atoms with E-state index in [1.54, 1.807) is 0 Å². The zero-order valence-electron chi connectivity index (χ0n) is 11.8. The summed E-state index contributed by atoms with van der Waals surface area (Å²) >= 11 is 0. The number of carbonyl (C=O) groups excluding carboxylic acids is 2. The molecular formula is C14H19N3O4. The van der Waals surface area contributed by atoms with Crippen LogP contribution in [0.1, 0.15) is 36.5 Å². The molecule has 0 aliphatic carbocycles. The summed E-state index contributed by atoms with van der Waals surface area (Å²) in [5, 5.41) is 13.9. The Labute approximate surface area is 122 Å². The number of aliphatic carboxylic acids is 1. The lowest BCUT2D eigenvalue weighted by Gasteiger charge is -2.14. The minimum absolute atomic E-state index is 0.326. The van der Waals surface area contributed by atoms with Gasteiger partial charge < -0.3 is 21.5 Å². The summed E-state index contributed by atoms with van der Waals surface area (Å²) in [6.45, 7) is 1.94. The van der Waals surface area contributed by atoms with Gasteiger partial charge in [-0.1, -0.05) is 19.8 Å². The monoisotopic (exact) mass is 293 g/mol. The summed E-state index contributed by atoms with van der Waals surface area (Å²) in [6, 6.07) is 4.45. The molecule has 1 aromatic carbocycles. The van der Waals surface area contributed by atoms with Gasteiger partial charge in [0.15, 0.2) is 0 Å². The molecule has 1 atom stereocenters. The maximum Gasteiger partial charge on any atom is 0.326 e. The number of carbonyl (C=O) groups is 3. The number of benzene rings is 1. The summed E-state index contributed by atoms with van der Waals surface area (Å²) < 4.78 is 0. The molecule has 0 saturated carbocycles. The fourth-order valence-electron chi connectivity index (χ4n) is 1.71. The molecule has 0 saturated heterocycles. The van der Waals surface area contributed by atoms with E-state index in [0.29, 0.717) is 24.1 Å². The Hall–Kier alpha value is -2.57. The zero-order chi connectivity index (χ0) is 15.8. The van der Waals surface area contributed by atoms with Crippen molar-refractivity contribution in [3.8, 4) is 0 Å². The van der Waals surface area contributed by atoms with Gasteiger partial charge in [-0.2, -0.15) is 0 Å². The largest absolute Gasteiger partial charge is 0.480 e. The standard InChI is InChI=1S/C14H19N3O4/c1-2-3-4-11(13(19)20)17-14(21)16-10-7-5-9(6-8-10)12(15)18/h5-8,11H,2-4H2,1H3,(H2,15,18)(H,19,20)(H2,16,17,21). The van der Waals surface area contributed by atoms with Gasteiger partial charge in [-0.15, -0.1) is 0 Å². The number of amides is 3. The Kier molecular flexibility index (Phi) is 6.19. The lowest BCUT2D eigenvalue weighted by Crippen LogP contribution is -2.42. The number of hydrogen-bond acceptors (Lipinski definition) is 3. The molecule has 7 nitrogen and oxygen atoms in total. The Balaban J connectivity index is 2.59. The van der Waals surface area contributed by atoms with Crippen LogP contribution in [0.2, 0.25) is 0 Å². The summed E-state index contributed by atoms with van der Waals surface area (Å²) in [5.74, 6) is -1.63. The van der Waals surface area contributed by atoms with Crippen LogP contribution in [0.5, 0.6) is 0 Å². The van der Waals surface area contributed by atoms with Crippen LogP contribution in [0.15, 0.2) is 24.3 Å². The van der Waals surface area contributed by atoms with E-state index >= 15 is 0 Å². The number of primary amides is 1. The average molecular weight is 293 g/mol. The number of urea groups is 1. The first kappa shape index (κ1) is 16.5. The third-order valence-corrected chi connectivity index (χ3v) is 2.88. The molecule has 1 unspecified atom stereocenters. The fourth-order valence-corrected chi connectivity index (χ4v) is 1.71. The number of carboxylic acids is 1. The number of rotatable bonds is 7. The summed E-state index contributed by atoms with van der Waals surface area (Å²) in [4.78, 5) is 33.7. The predicted molar refractivity (Wildman–Crippen MR) is 78.1 cm³/mol. The van der Waals surface area contributed by atoms with Crippen LogP contribution in [0, 0.1) is 0 Å². The number of hydrogen-bond donors (Lipinski definition) is 4. The van der Waals surface area contributed by atoms with E-state index in [4.69, 9.17) is 10.8 Å². The van der Waals surface area contributed by atoms with E-state index in [2.05, 4.69) is 10.6 Å². The molecular weight excluding hydrogens is 274 g/mol. The molecule has 5 N–H and O–H groups in total.